The molecule has 0 N–H and O–H groups in total. The quantitative estimate of drug-likeness (QED) is 0.443. The number of nitrogens with zero attached hydrogens (tertiary/aromatic N) is 1. The number of esters is 1. The van der Waals surface area contributed by atoms with Gasteiger partial charge in [0.1, 0.15) is 12.4 Å². The predicted octanol–water partition coefficient (Wildman–Crippen LogP) is 2.61. The van der Waals surface area contributed by atoms with Crippen molar-refractivity contribution in [3.8, 4) is 5.75 Å². The van der Waals surface area contributed by atoms with E-state index >= 15 is 0 Å². The molecule has 0 radical (unpaired) electrons. The van der Waals surface area contributed by atoms with E-state index in [0.717, 1.165) is 0 Å². The Labute approximate surface area is 155 Å². The molecule has 0 saturated heterocycles. The molecule has 7 nitrogen and oxygen atoms in total. The average molecular weight is 367 g/mol. The molecule has 0 spiro atoms. The zero-order valence-corrected chi connectivity index (χ0v) is 14.9. The molecule has 2 aromatic rings. The number of ether oxygens (including phenoxy) is 2. The van der Waals surface area contributed by atoms with Crippen LogP contribution in [0.5, 0.6) is 5.75 Å². The van der Waals surface area contributed by atoms with Crippen LogP contribution < -0.4 is 4.74 Å². The first-order valence-electron chi connectivity index (χ1n) is 8.03. The highest BCUT2D eigenvalue weighted by Gasteiger charge is 2.36. The Morgan fingerprint density at radius 2 is 1.63 bits per heavy atom. The van der Waals surface area contributed by atoms with Crippen LogP contribution in [-0.2, 0) is 21.0 Å². The van der Waals surface area contributed by atoms with Crippen LogP contribution in [0.4, 0.5) is 0 Å². The maximum absolute atomic E-state index is 12.4. The van der Waals surface area contributed by atoms with Gasteiger partial charge in [0.15, 0.2) is 0 Å². The number of methoxy groups -OCH3 is 2. The Bertz CT molecular complexity index is 914. The molecule has 0 fully saturated rings. The Morgan fingerprint density at radius 1 is 1.00 bits per heavy atom. The number of benzene rings is 2. The summed E-state index contributed by atoms with van der Waals surface area (Å²) < 4.78 is 10.0. The molecule has 0 saturated carbocycles. The monoisotopic (exact) mass is 367 g/mol. The number of fused-ring (bicyclic) bond motifs is 1. The highest BCUT2D eigenvalue weighted by molar-refractivity contribution is 6.20. The van der Waals surface area contributed by atoms with Gasteiger partial charge in [-0.15, -0.1) is 5.06 Å². The average Bonchev–Trinajstić information content (AvgIpc) is 2.95. The fraction of sp³-hybridized carbons (Fsp3) is 0.150. The van der Waals surface area contributed by atoms with Crippen molar-refractivity contribution in [2.24, 2.45) is 0 Å². The maximum Gasteiger partial charge on any atom is 0.337 e. The lowest BCUT2D eigenvalue weighted by Gasteiger charge is -2.18. The second-order valence-electron chi connectivity index (χ2n) is 5.68. The molecule has 2 amide bonds. The van der Waals surface area contributed by atoms with Gasteiger partial charge in [-0.25, -0.2) is 4.79 Å². The first-order chi connectivity index (χ1) is 13.0. The minimum Gasteiger partial charge on any atom is -0.496 e. The predicted molar refractivity (Wildman–Crippen MR) is 95.8 cm³/mol. The van der Waals surface area contributed by atoms with Gasteiger partial charge in [-0.3, -0.25) is 14.4 Å². The van der Waals surface area contributed by atoms with E-state index in [1.54, 1.807) is 42.5 Å². The molecule has 0 bridgehead atoms. The number of hydrogen-bond donors (Lipinski definition) is 0. The number of hydrogen-bond acceptors (Lipinski definition) is 6. The molecule has 1 aliphatic heterocycles. The standard InChI is InChI=1S/C20H17NO6/c1-12(20(24)26-3)13-9-6-10-17(25-2)16(13)11-27-21-18(22)14-7-4-5-8-15(14)19(21)23/h4-10H,1,11H2,2-3H3. The van der Waals surface area contributed by atoms with Gasteiger partial charge in [0.25, 0.3) is 11.8 Å². The van der Waals surface area contributed by atoms with Crippen molar-refractivity contribution in [2.75, 3.05) is 14.2 Å². The lowest BCUT2D eigenvalue weighted by molar-refractivity contribution is -0.133. The van der Waals surface area contributed by atoms with Gasteiger partial charge in [-0.2, -0.15) is 0 Å². The Hall–Kier alpha value is -3.45. The number of rotatable bonds is 6. The third-order valence-electron chi connectivity index (χ3n) is 4.20. The first kappa shape index (κ1) is 18.3. The van der Waals surface area contributed by atoms with E-state index < -0.39 is 17.8 Å². The van der Waals surface area contributed by atoms with Crippen molar-refractivity contribution in [1.29, 1.82) is 0 Å². The van der Waals surface area contributed by atoms with Crippen molar-refractivity contribution in [3.05, 3.63) is 71.3 Å². The van der Waals surface area contributed by atoms with Gasteiger partial charge >= 0.3 is 5.97 Å². The van der Waals surface area contributed by atoms with E-state index in [-0.39, 0.29) is 23.3 Å². The fourth-order valence-electron chi connectivity index (χ4n) is 2.84. The molecule has 2 aromatic carbocycles. The third-order valence-corrected chi connectivity index (χ3v) is 4.20. The van der Waals surface area contributed by atoms with Crippen LogP contribution in [0.15, 0.2) is 49.0 Å². The molecule has 3 rings (SSSR count). The summed E-state index contributed by atoms with van der Waals surface area (Å²) >= 11 is 0. The Balaban J connectivity index is 1.89. The molecule has 1 heterocycles. The van der Waals surface area contributed by atoms with Crippen molar-refractivity contribution in [2.45, 2.75) is 6.61 Å². The summed E-state index contributed by atoms with van der Waals surface area (Å²) in [5, 5.41) is 0.710. The highest BCUT2D eigenvalue weighted by Crippen LogP contribution is 2.30. The van der Waals surface area contributed by atoms with Crippen LogP contribution in [0, 0.1) is 0 Å². The number of hydroxylamine groups is 2. The molecule has 7 heteroatoms. The van der Waals surface area contributed by atoms with Gasteiger partial charge in [0, 0.05) is 5.56 Å². The largest absolute Gasteiger partial charge is 0.496 e. The minimum absolute atomic E-state index is 0.109. The zero-order chi connectivity index (χ0) is 19.6. The van der Waals surface area contributed by atoms with Crippen LogP contribution in [0.2, 0.25) is 0 Å². The van der Waals surface area contributed by atoms with E-state index in [1.807, 2.05) is 0 Å². The van der Waals surface area contributed by atoms with E-state index in [9.17, 15) is 14.4 Å². The smallest absolute Gasteiger partial charge is 0.337 e. The Morgan fingerprint density at radius 3 is 2.19 bits per heavy atom. The normalized spacial score (nSPS) is 12.7. The zero-order valence-electron chi connectivity index (χ0n) is 14.9. The van der Waals surface area contributed by atoms with Crippen molar-refractivity contribution in [1.82, 2.24) is 5.06 Å². The molecule has 0 unspecified atom stereocenters. The topological polar surface area (TPSA) is 82.1 Å². The molecule has 0 aromatic heterocycles. The molecule has 0 aliphatic carbocycles. The molecule has 138 valence electrons. The van der Waals surface area contributed by atoms with Crippen LogP contribution in [0.3, 0.4) is 0 Å². The summed E-state index contributed by atoms with van der Waals surface area (Å²) in [6.45, 7) is 3.56. The summed E-state index contributed by atoms with van der Waals surface area (Å²) in [5.74, 6) is -1.27. The summed E-state index contributed by atoms with van der Waals surface area (Å²) in [4.78, 5) is 42.2. The number of imide groups is 1. The van der Waals surface area contributed by atoms with Crippen LogP contribution in [0.25, 0.3) is 5.57 Å². The van der Waals surface area contributed by atoms with Gasteiger partial charge in [-0.05, 0) is 23.8 Å². The molecule has 27 heavy (non-hydrogen) atoms. The van der Waals surface area contributed by atoms with E-state index in [2.05, 4.69) is 6.58 Å². The van der Waals surface area contributed by atoms with E-state index in [0.29, 0.717) is 21.9 Å². The van der Waals surface area contributed by atoms with Gasteiger partial charge in [0.2, 0.25) is 0 Å². The lowest BCUT2D eigenvalue weighted by atomic mass is 10.0. The SMILES string of the molecule is C=C(C(=O)OC)c1cccc(OC)c1CON1C(=O)c2ccccc2C1=O. The summed E-state index contributed by atoms with van der Waals surface area (Å²) in [6.07, 6.45) is 0. The molecular weight excluding hydrogens is 350 g/mol. The van der Waals surface area contributed by atoms with Crippen molar-refractivity contribution in [3.63, 3.8) is 0 Å². The third kappa shape index (κ3) is 3.20. The second kappa shape index (κ2) is 7.43. The van der Waals surface area contributed by atoms with E-state index in [4.69, 9.17) is 14.3 Å². The van der Waals surface area contributed by atoms with Crippen LogP contribution in [-0.4, -0.2) is 37.1 Å². The fourth-order valence-corrected chi connectivity index (χ4v) is 2.84. The van der Waals surface area contributed by atoms with Crippen molar-refractivity contribution >= 4 is 23.4 Å². The first-order valence-corrected chi connectivity index (χ1v) is 8.03. The van der Waals surface area contributed by atoms with Crippen LogP contribution in [0.1, 0.15) is 31.8 Å². The van der Waals surface area contributed by atoms with Crippen molar-refractivity contribution < 1.29 is 28.7 Å². The highest BCUT2D eigenvalue weighted by atomic mass is 16.7. The number of carbonyl (C=O) groups excluding carboxylic acids is 3. The second-order valence-corrected chi connectivity index (χ2v) is 5.68. The van der Waals surface area contributed by atoms with Gasteiger partial charge < -0.3 is 9.47 Å². The summed E-state index contributed by atoms with van der Waals surface area (Å²) in [6, 6.07) is 11.5. The minimum atomic E-state index is -0.606. The molecule has 1 aliphatic rings. The maximum atomic E-state index is 12.4. The van der Waals surface area contributed by atoms with Gasteiger partial charge in [0.05, 0.1) is 30.9 Å². The van der Waals surface area contributed by atoms with Gasteiger partial charge in [-0.1, -0.05) is 30.8 Å². The van der Waals surface area contributed by atoms with E-state index in [1.165, 1.54) is 14.2 Å². The Kier molecular flexibility index (Phi) is 5.05. The lowest BCUT2D eigenvalue weighted by Crippen LogP contribution is -2.30. The molecule has 0 atom stereocenters. The summed E-state index contributed by atoms with van der Waals surface area (Å²) in [5.41, 5.74) is 1.57. The summed E-state index contributed by atoms with van der Waals surface area (Å²) in [7, 11) is 2.72. The molecular formula is C20H17NO6. The number of carbonyl (C=O) groups is 3. The van der Waals surface area contributed by atoms with Crippen LogP contribution >= 0.6 is 0 Å². The number of amides is 2.